The molecule has 0 aromatic heterocycles. The Morgan fingerprint density at radius 3 is 2.53 bits per heavy atom. The average molecular weight is 264 g/mol. The standard InChI is InChI=1S/C16H28N2O/c1-12(2)14-5-6-16(19-4)15(11-14)8-10-18-9-7-13(3)17/h5-6,11-13,18H,7-10,17H2,1-4H3. The van der Waals surface area contributed by atoms with Crippen molar-refractivity contribution in [2.45, 2.75) is 45.6 Å². The molecule has 0 saturated carbocycles. The zero-order valence-electron chi connectivity index (χ0n) is 12.7. The molecule has 1 aromatic rings. The van der Waals surface area contributed by atoms with Crippen molar-refractivity contribution in [2.75, 3.05) is 20.2 Å². The van der Waals surface area contributed by atoms with Crippen molar-refractivity contribution in [3.05, 3.63) is 29.3 Å². The van der Waals surface area contributed by atoms with Crippen LogP contribution in [0.3, 0.4) is 0 Å². The second kappa shape index (κ2) is 8.18. The van der Waals surface area contributed by atoms with Gasteiger partial charge in [0, 0.05) is 6.04 Å². The van der Waals surface area contributed by atoms with E-state index >= 15 is 0 Å². The molecular formula is C16H28N2O. The summed E-state index contributed by atoms with van der Waals surface area (Å²) >= 11 is 0. The van der Waals surface area contributed by atoms with Crippen LogP contribution in [0.15, 0.2) is 18.2 Å². The Morgan fingerprint density at radius 2 is 1.95 bits per heavy atom. The van der Waals surface area contributed by atoms with Crippen molar-refractivity contribution >= 4 is 0 Å². The van der Waals surface area contributed by atoms with E-state index in [0.29, 0.717) is 5.92 Å². The van der Waals surface area contributed by atoms with Gasteiger partial charge in [0.25, 0.3) is 0 Å². The summed E-state index contributed by atoms with van der Waals surface area (Å²) in [6.45, 7) is 8.41. The Morgan fingerprint density at radius 1 is 1.21 bits per heavy atom. The average Bonchev–Trinajstić information content (AvgIpc) is 2.37. The molecule has 0 heterocycles. The van der Waals surface area contributed by atoms with Crippen molar-refractivity contribution in [2.24, 2.45) is 5.73 Å². The van der Waals surface area contributed by atoms with E-state index in [1.807, 2.05) is 6.92 Å². The minimum Gasteiger partial charge on any atom is -0.496 e. The summed E-state index contributed by atoms with van der Waals surface area (Å²) in [5, 5.41) is 3.43. The fraction of sp³-hybridized carbons (Fsp3) is 0.625. The first kappa shape index (κ1) is 16.0. The second-order valence-electron chi connectivity index (χ2n) is 5.49. The van der Waals surface area contributed by atoms with Crippen molar-refractivity contribution in [3.63, 3.8) is 0 Å². The van der Waals surface area contributed by atoms with Gasteiger partial charge in [0.1, 0.15) is 5.75 Å². The Kier molecular flexibility index (Phi) is 6.89. The second-order valence-corrected chi connectivity index (χ2v) is 5.49. The third-order valence-electron chi connectivity index (χ3n) is 3.32. The zero-order chi connectivity index (χ0) is 14.3. The Hall–Kier alpha value is -1.06. The number of nitrogens with two attached hydrogens (primary N) is 1. The Labute approximate surface area is 117 Å². The molecule has 0 aliphatic heterocycles. The molecule has 1 atom stereocenters. The summed E-state index contributed by atoms with van der Waals surface area (Å²) in [7, 11) is 1.73. The lowest BCUT2D eigenvalue weighted by molar-refractivity contribution is 0.408. The molecule has 3 nitrogen and oxygen atoms in total. The lowest BCUT2D eigenvalue weighted by Gasteiger charge is -2.13. The zero-order valence-corrected chi connectivity index (χ0v) is 12.7. The first-order valence-corrected chi connectivity index (χ1v) is 7.17. The number of ether oxygens (including phenoxy) is 1. The molecule has 0 saturated heterocycles. The lowest BCUT2D eigenvalue weighted by atomic mass is 9.99. The van der Waals surface area contributed by atoms with E-state index in [4.69, 9.17) is 10.5 Å². The number of rotatable bonds is 8. The van der Waals surface area contributed by atoms with Crippen LogP contribution in [-0.2, 0) is 6.42 Å². The van der Waals surface area contributed by atoms with Gasteiger partial charge < -0.3 is 15.8 Å². The highest BCUT2D eigenvalue weighted by Gasteiger charge is 2.06. The van der Waals surface area contributed by atoms with E-state index in [-0.39, 0.29) is 6.04 Å². The number of hydrogen-bond donors (Lipinski definition) is 2. The van der Waals surface area contributed by atoms with Crippen molar-refractivity contribution in [1.29, 1.82) is 0 Å². The number of hydrogen-bond acceptors (Lipinski definition) is 3. The van der Waals surface area contributed by atoms with Gasteiger partial charge in [0.15, 0.2) is 0 Å². The molecule has 1 aromatic carbocycles. The first-order chi connectivity index (χ1) is 9.04. The molecule has 1 unspecified atom stereocenters. The van der Waals surface area contributed by atoms with Gasteiger partial charge in [-0.1, -0.05) is 26.0 Å². The SMILES string of the molecule is COc1ccc(C(C)C)cc1CCNCCC(C)N. The van der Waals surface area contributed by atoms with Crippen LogP contribution < -0.4 is 15.8 Å². The number of benzene rings is 1. The number of nitrogens with one attached hydrogen (secondary N) is 1. The van der Waals surface area contributed by atoms with E-state index in [1.165, 1.54) is 11.1 Å². The van der Waals surface area contributed by atoms with Crippen LogP contribution in [0.1, 0.15) is 44.2 Å². The molecule has 0 radical (unpaired) electrons. The maximum absolute atomic E-state index is 5.72. The molecule has 0 bridgehead atoms. The van der Waals surface area contributed by atoms with Gasteiger partial charge in [-0.25, -0.2) is 0 Å². The maximum atomic E-state index is 5.72. The van der Waals surface area contributed by atoms with Crippen LogP contribution in [-0.4, -0.2) is 26.2 Å². The monoisotopic (exact) mass is 264 g/mol. The molecular weight excluding hydrogens is 236 g/mol. The minimum atomic E-state index is 0.270. The fourth-order valence-electron chi connectivity index (χ4n) is 2.03. The smallest absolute Gasteiger partial charge is 0.122 e. The van der Waals surface area contributed by atoms with Gasteiger partial charge >= 0.3 is 0 Å². The minimum absolute atomic E-state index is 0.270. The van der Waals surface area contributed by atoms with Crippen molar-refractivity contribution < 1.29 is 4.74 Å². The van der Waals surface area contributed by atoms with Crippen LogP contribution in [0, 0.1) is 0 Å². The third kappa shape index (κ3) is 5.62. The highest BCUT2D eigenvalue weighted by Crippen LogP contribution is 2.24. The third-order valence-corrected chi connectivity index (χ3v) is 3.32. The summed E-state index contributed by atoms with van der Waals surface area (Å²) < 4.78 is 5.43. The van der Waals surface area contributed by atoms with Gasteiger partial charge in [0.05, 0.1) is 7.11 Å². The summed E-state index contributed by atoms with van der Waals surface area (Å²) in [6, 6.07) is 6.76. The summed E-state index contributed by atoms with van der Waals surface area (Å²) in [6.07, 6.45) is 2.01. The van der Waals surface area contributed by atoms with Crippen molar-refractivity contribution in [3.8, 4) is 5.75 Å². The molecule has 1 rings (SSSR count). The van der Waals surface area contributed by atoms with E-state index in [1.54, 1.807) is 7.11 Å². The molecule has 0 aliphatic carbocycles. The van der Waals surface area contributed by atoms with Gasteiger partial charge in [-0.15, -0.1) is 0 Å². The molecule has 3 heteroatoms. The lowest BCUT2D eigenvalue weighted by Crippen LogP contribution is -2.25. The topological polar surface area (TPSA) is 47.3 Å². The quantitative estimate of drug-likeness (QED) is 0.710. The predicted octanol–water partition coefficient (Wildman–Crippen LogP) is 2.69. The largest absolute Gasteiger partial charge is 0.496 e. The molecule has 0 fully saturated rings. The fourth-order valence-corrected chi connectivity index (χ4v) is 2.03. The van der Waals surface area contributed by atoms with Crippen LogP contribution in [0.4, 0.5) is 0 Å². The van der Waals surface area contributed by atoms with Gasteiger partial charge in [-0.3, -0.25) is 0 Å². The summed E-state index contributed by atoms with van der Waals surface area (Å²) in [5.74, 6) is 1.54. The molecule has 0 amide bonds. The van der Waals surface area contributed by atoms with Crippen LogP contribution in [0.5, 0.6) is 5.75 Å². The Bertz CT molecular complexity index is 375. The van der Waals surface area contributed by atoms with Gasteiger partial charge in [0.2, 0.25) is 0 Å². The maximum Gasteiger partial charge on any atom is 0.122 e. The first-order valence-electron chi connectivity index (χ1n) is 7.17. The normalized spacial score (nSPS) is 12.7. The highest BCUT2D eigenvalue weighted by atomic mass is 16.5. The molecule has 0 spiro atoms. The predicted molar refractivity (Wildman–Crippen MR) is 81.9 cm³/mol. The number of methoxy groups -OCH3 is 1. The summed E-state index contributed by atoms with van der Waals surface area (Å²) in [4.78, 5) is 0. The molecule has 108 valence electrons. The molecule has 3 N–H and O–H groups in total. The molecule has 19 heavy (non-hydrogen) atoms. The summed E-state index contributed by atoms with van der Waals surface area (Å²) in [5.41, 5.74) is 8.37. The van der Waals surface area contributed by atoms with E-state index < -0.39 is 0 Å². The highest BCUT2D eigenvalue weighted by molar-refractivity contribution is 5.38. The Balaban J connectivity index is 2.53. The van der Waals surface area contributed by atoms with Gasteiger partial charge in [-0.2, -0.15) is 0 Å². The van der Waals surface area contributed by atoms with Crippen molar-refractivity contribution in [1.82, 2.24) is 5.32 Å². The van der Waals surface area contributed by atoms with Crippen LogP contribution in [0.25, 0.3) is 0 Å². The molecule has 0 aliphatic rings. The van der Waals surface area contributed by atoms with Crippen LogP contribution >= 0.6 is 0 Å². The van der Waals surface area contributed by atoms with E-state index in [0.717, 1.165) is 31.7 Å². The van der Waals surface area contributed by atoms with Crippen LogP contribution in [0.2, 0.25) is 0 Å². The van der Waals surface area contributed by atoms with Gasteiger partial charge in [-0.05, 0) is 56.0 Å². The van der Waals surface area contributed by atoms with E-state index in [9.17, 15) is 0 Å². The van der Waals surface area contributed by atoms with E-state index in [2.05, 4.69) is 37.4 Å².